The monoisotopic (exact) mass is 328 g/mol. The average molecular weight is 328 g/mol. The average Bonchev–Trinajstić information content (AvgIpc) is 2.89. The molecule has 0 spiro atoms. The molecular weight excluding hydrogens is 308 g/mol. The summed E-state index contributed by atoms with van der Waals surface area (Å²) >= 11 is 0. The number of aromatic amines is 1. The fourth-order valence-corrected chi connectivity index (χ4v) is 2.91. The third-order valence-corrected chi connectivity index (χ3v) is 4.20. The predicted molar refractivity (Wildman–Crippen MR) is 89.4 cm³/mol. The third-order valence-electron chi connectivity index (χ3n) is 4.20. The van der Waals surface area contributed by atoms with E-state index in [2.05, 4.69) is 29.1 Å². The van der Waals surface area contributed by atoms with Crippen LogP contribution in [0.3, 0.4) is 0 Å². The van der Waals surface area contributed by atoms with E-state index >= 15 is 0 Å². The van der Waals surface area contributed by atoms with Gasteiger partial charge in [-0.25, -0.2) is 4.79 Å². The molecule has 0 saturated carbocycles. The Hall–Kier alpha value is -2.67. The molecule has 24 heavy (non-hydrogen) atoms. The van der Waals surface area contributed by atoms with Crippen molar-refractivity contribution < 1.29 is 4.79 Å². The second-order valence-electron chi connectivity index (χ2n) is 6.26. The van der Waals surface area contributed by atoms with Gasteiger partial charge in [-0.15, -0.1) is 0 Å². The molecule has 0 saturated heterocycles. The molecule has 1 aliphatic rings. The van der Waals surface area contributed by atoms with E-state index in [4.69, 9.17) is 0 Å². The number of H-pyrrole nitrogens is 1. The highest BCUT2D eigenvalue weighted by Gasteiger charge is 2.17. The SMILES string of the molecule is CN1Cc2ccc(CN(C)C(=O)Cn3ccc(=O)[nH]c3=O)cc2C1. The first-order valence-corrected chi connectivity index (χ1v) is 7.75. The highest BCUT2D eigenvalue weighted by atomic mass is 16.2. The zero-order valence-corrected chi connectivity index (χ0v) is 13.8. The molecule has 1 aromatic carbocycles. The van der Waals surface area contributed by atoms with Crippen LogP contribution in [-0.2, 0) is 31.0 Å². The van der Waals surface area contributed by atoms with Gasteiger partial charge in [-0.1, -0.05) is 18.2 Å². The Bertz CT molecular complexity index is 884. The van der Waals surface area contributed by atoms with Gasteiger partial charge >= 0.3 is 5.69 Å². The molecule has 0 unspecified atom stereocenters. The maximum Gasteiger partial charge on any atom is 0.328 e. The van der Waals surface area contributed by atoms with E-state index in [1.54, 1.807) is 11.9 Å². The second-order valence-corrected chi connectivity index (χ2v) is 6.26. The highest BCUT2D eigenvalue weighted by molar-refractivity contribution is 5.75. The second kappa shape index (κ2) is 6.45. The van der Waals surface area contributed by atoms with Crippen molar-refractivity contribution in [3.63, 3.8) is 0 Å². The number of aromatic nitrogens is 2. The molecule has 2 heterocycles. The Kier molecular flexibility index (Phi) is 4.35. The lowest BCUT2D eigenvalue weighted by molar-refractivity contribution is -0.131. The summed E-state index contributed by atoms with van der Waals surface area (Å²) in [5.41, 5.74) is 2.64. The molecule has 0 fully saturated rings. The number of hydrogen-bond donors (Lipinski definition) is 1. The number of carbonyl (C=O) groups excluding carboxylic acids is 1. The summed E-state index contributed by atoms with van der Waals surface area (Å²) in [6.07, 6.45) is 1.33. The Balaban J connectivity index is 1.67. The number of likely N-dealkylation sites (N-methyl/N-ethyl adjacent to an activating group) is 1. The summed E-state index contributed by atoms with van der Waals surface area (Å²) in [7, 11) is 3.79. The fraction of sp³-hybridized carbons (Fsp3) is 0.353. The Morgan fingerprint density at radius 2 is 1.96 bits per heavy atom. The van der Waals surface area contributed by atoms with Crippen LogP contribution in [0.2, 0.25) is 0 Å². The van der Waals surface area contributed by atoms with Gasteiger partial charge in [-0.05, 0) is 23.7 Å². The van der Waals surface area contributed by atoms with Crippen LogP contribution in [0.5, 0.6) is 0 Å². The van der Waals surface area contributed by atoms with Crippen LogP contribution in [0.25, 0.3) is 0 Å². The van der Waals surface area contributed by atoms with E-state index in [0.29, 0.717) is 6.54 Å². The molecule has 0 aliphatic carbocycles. The lowest BCUT2D eigenvalue weighted by Crippen LogP contribution is -2.36. The number of rotatable bonds is 4. The van der Waals surface area contributed by atoms with Crippen molar-refractivity contribution in [2.24, 2.45) is 0 Å². The summed E-state index contributed by atoms with van der Waals surface area (Å²) in [6, 6.07) is 7.51. The van der Waals surface area contributed by atoms with Crippen molar-refractivity contribution in [2.45, 2.75) is 26.2 Å². The first kappa shape index (κ1) is 16.2. The minimum atomic E-state index is -0.579. The van der Waals surface area contributed by atoms with E-state index in [0.717, 1.165) is 18.7 Å². The zero-order chi connectivity index (χ0) is 17.3. The topological polar surface area (TPSA) is 78.4 Å². The molecule has 7 nitrogen and oxygen atoms in total. The lowest BCUT2D eigenvalue weighted by atomic mass is 10.1. The summed E-state index contributed by atoms with van der Waals surface area (Å²) in [5.74, 6) is -0.193. The van der Waals surface area contributed by atoms with Gasteiger partial charge in [0.2, 0.25) is 5.91 Å². The first-order valence-electron chi connectivity index (χ1n) is 7.75. The highest BCUT2D eigenvalue weighted by Crippen LogP contribution is 2.22. The van der Waals surface area contributed by atoms with Gasteiger partial charge in [0.25, 0.3) is 5.56 Å². The van der Waals surface area contributed by atoms with Crippen molar-refractivity contribution in [1.29, 1.82) is 0 Å². The summed E-state index contributed by atoms with van der Waals surface area (Å²) in [5, 5.41) is 0. The summed E-state index contributed by atoms with van der Waals surface area (Å²) in [6.45, 7) is 2.26. The number of carbonyl (C=O) groups is 1. The maximum atomic E-state index is 12.3. The van der Waals surface area contributed by atoms with Crippen molar-refractivity contribution in [1.82, 2.24) is 19.4 Å². The standard InChI is InChI=1S/C17H20N4O3/c1-19-9-13-4-3-12(7-14(13)10-19)8-20(2)16(23)11-21-6-5-15(22)18-17(21)24/h3-7H,8-11H2,1-2H3,(H,18,22,24). The molecule has 1 aromatic heterocycles. The minimum absolute atomic E-state index is 0.0974. The van der Waals surface area contributed by atoms with Crippen LogP contribution < -0.4 is 11.2 Å². The molecule has 126 valence electrons. The summed E-state index contributed by atoms with van der Waals surface area (Å²) < 4.78 is 1.19. The van der Waals surface area contributed by atoms with Crippen molar-refractivity contribution in [3.8, 4) is 0 Å². The smallest absolute Gasteiger partial charge is 0.328 e. The van der Waals surface area contributed by atoms with E-state index in [1.165, 1.54) is 28.0 Å². The van der Waals surface area contributed by atoms with Crippen LogP contribution in [0.1, 0.15) is 16.7 Å². The number of amides is 1. The van der Waals surface area contributed by atoms with Gasteiger partial charge < -0.3 is 4.90 Å². The molecular formula is C17H20N4O3. The normalized spacial score (nSPS) is 13.8. The quantitative estimate of drug-likeness (QED) is 0.866. The number of nitrogens with zero attached hydrogens (tertiary/aromatic N) is 3. The van der Waals surface area contributed by atoms with Gasteiger partial charge in [-0.2, -0.15) is 0 Å². The Labute approximate surface area is 139 Å². The zero-order valence-electron chi connectivity index (χ0n) is 13.8. The number of hydrogen-bond acceptors (Lipinski definition) is 4. The summed E-state index contributed by atoms with van der Waals surface area (Å²) in [4.78, 5) is 41.0. The van der Waals surface area contributed by atoms with Gasteiger partial charge in [0.1, 0.15) is 6.54 Å². The number of nitrogens with one attached hydrogen (secondary N) is 1. The van der Waals surface area contributed by atoms with Gasteiger partial charge in [0.05, 0.1) is 0 Å². The van der Waals surface area contributed by atoms with Gasteiger partial charge in [-0.3, -0.25) is 24.0 Å². The van der Waals surface area contributed by atoms with E-state index in [-0.39, 0.29) is 12.5 Å². The minimum Gasteiger partial charge on any atom is -0.340 e. The van der Waals surface area contributed by atoms with E-state index in [1.807, 2.05) is 6.07 Å². The van der Waals surface area contributed by atoms with E-state index in [9.17, 15) is 14.4 Å². The molecule has 1 amide bonds. The molecule has 0 atom stereocenters. The molecule has 0 radical (unpaired) electrons. The fourth-order valence-electron chi connectivity index (χ4n) is 2.91. The van der Waals surface area contributed by atoms with Gasteiger partial charge in [0.15, 0.2) is 0 Å². The van der Waals surface area contributed by atoms with Crippen molar-refractivity contribution in [2.75, 3.05) is 14.1 Å². The lowest BCUT2D eigenvalue weighted by Gasteiger charge is -2.18. The van der Waals surface area contributed by atoms with Gasteiger partial charge in [0, 0.05) is 38.9 Å². The molecule has 0 bridgehead atoms. The number of benzene rings is 1. The van der Waals surface area contributed by atoms with E-state index < -0.39 is 11.2 Å². The van der Waals surface area contributed by atoms with Crippen molar-refractivity contribution >= 4 is 5.91 Å². The molecule has 3 rings (SSSR count). The van der Waals surface area contributed by atoms with Crippen LogP contribution >= 0.6 is 0 Å². The first-order chi connectivity index (χ1) is 11.4. The maximum absolute atomic E-state index is 12.3. The van der Waals surface area contributed by atoms with Crippen LogP contribution in [-0.4, -0.2) is 39.4 Å². The molecule has 1 N–H and O–H groups in total. The Morgan fingerprint density at radius 1 is 1.21 bits per heavy atom. The van der Waals surface area contributed by atoms with Crippen molar-refractivity contribution in [3.05, 3.63) is 68.0 Å². The molecule has 2 aromatic rings. The van der Waals surface area contributed by atoms with Crippen LogP contribution in [0.15, 0.2) is 40.1 Å². The third kappa shape index (κ3) is 3.46. The van der Waals surface area contributed by atoms with Crippen LogP contribution in [0.4, 0.5) is 0 Å². The largest absolute Gasteiger partial charge is 0.340 e. The predicted octanol–water partition coefficient (Wildman–Crippen LogP) is 0.141. The molecule has 7 heteroatoms. The number of fused-ring (bicyclic) bond motifs is 1. The van der Waals surface area contributed by atoms with Crippen LogP contribution in [0, 0.1) is 0 Å². The molecule has 1 aliphatic heterocycles. The Morgan fingerprint density at radius 3 is 2.71 bits per heavy atom.